The number of aliphatic hydroxyl groups excluding tert-OH is 1. The van der Waals surface area contributed by atoms with Crippen LogP contribution in [0.25, 0.3) is 0 Å². The molecule has 1 unspecified atom stereocenters. The van der Waals surface area contributed by atoms with Gasteiger partial charge in [0.2, 0.25) is 0 Å². The van der Waals surface area contributed by atoms with E-state index in [1.807, 2.05) is 6.21 Å². The van der Waals surface area contributed by atoms with Crippen LogP contribution in [0.4, 0.5) is 0 Å². The maximum Gasteiger partial charge on any atom is 0.143 e. The highest BCUT2D eigenvalue weighted by Crippen LogP contribution is 2.07. The molecule has 1 rings (SSSR count). The van der Waals surface area contributed by atoms with Crippen LogP contribution in [0.5, 0.6) is 0 Å². The maximum atomic E-state index is 8.25. The molecule has 1 N–H and O–H groups in total. The van der Waals surface area contributed by atoms with Crippen LogP contribution in [0, 0.1) is 0 Å². The summed E-state index contributed by atoms with van der Waals surface area (Å²) in [5, 5.41) is 8.25. The third-order valence-corrected chi connectivity index (χ3v) is 1.35. The second kappa shape index (κ2) is 3.58. The summed E-state index contributed by atoms with van der Waals surface area (Å²) in [6, 6.07) is 0.303. The van der Waals surface area contributed by atoms with E-state index in [0.717, 1.165) is 12.8 Å². The number of rotatable bonds is 3. The highest BCUT2D eigenvalue weighted by molar-refractivity contribution is 5.59. The van der Waals surface area contributed by atoms with E-state index in [4.69, 9.17) is 9.84 Å². The lowest BCUT2D eigenvalue weighted by atomic mass is 10.2. The summed E-state index contributed by atoms with van der Waals surface area (Å²) < 4.78 is 4.76. The van der Waals surface area contributed by atoms with E-state index in [0.29, 0.717) is 12.6 Å². The van der Waals surface area contributed by atoms with E-state index in [1.54, 1.807) is 0 Å². The minimum absolute atomic E-state index is 0.188. The Morgan fingerprint density at radius 2 is 2.67 bits per heavy atom. The molecule has 3 heteroatoms. The Morgan fingerprint density at radius 3 is 3.22 bits per heavy atom. The van der Waals surface area contributed by atoms with Gasteiger partial charge in [-0.2, -0.15) is 0 Å². The highest BCUT2D eigenvalue weighted by Gasteiger charge is 2.08. The number of aliphatic hydroxyl groups is 1. The molecule has 0 saturated heterocycles. The van der Waals surface area contributed by atoms with Crippen molar-refractivity contribution >= 4 is 6.21 Å². The average Bonchev–Trinajstić information content (AvgIpc) is 2.34. The van der Waals surface area contributed by atoms with Crippen LogP contribution >= 0.6 is 0 Å². The molecular formula is C6H11NO2. The van der Waals surface area contributed by atoms with Crippen LogP contribution < -0.4 is 0 Å². The first kappa shape index (κ1) is 6.71. The van der Waals surface area contributed by atoms with Crippen molar-refractivity contribution in [3.63, 3.8) is 0 Å². The predicted octanol–water partition coefficient (Wildman–Crippen LogP) is 0.186. The Bertz CT molecular complexity index is 103. The topological polar surface area (TPSA) is 41.8 Å². The Kier molecular flexibility index (Phi) is 2.67. The van der Waals surface area contributed by atoms with E-state index >= 15 is 0 Å². The molecule has 0 spiro atoms. The number of hydrogen-bond donors (Lipinski definition) is 1. The second-order valence-corrected chi connectivity index (χ2v) is 2.06. The number of ether oxygens (including phenoxy) is 1. The lowest BCUT2D eigenvalue weighted by Gasteiger charge is -2.03. The Balaban J connectivity index is 2.05. The number of nitrogens with zero attached hydrogens (tertiary/aromatic N) is 1. The normalized spacial score (nSPS) is 25.2. The number of hydrogen-bond acceptors (Lipinski definition) is 3. The van der Waals surface area contributed by atoms with Crippen LogP contribution in [-0.4, -0.2) is 30.8 Å². The third-order valence-electron chi connectivity index (χ3n) is 1.35. The summed E-state index contributed by atoms with van der Waals surface area (Å²) in [5.74, 6) is 0. The molecule has 52 valence electrons. The van der Waals surface area contributed by atoms with Crippen molar-refractivity contribution in [3.8, 4) is 0 Å². The quantitative estimate of drug-likeness (QED) is 0.552. The first-order valence-corrected chi connectivity index (χ1v) is 3.13. The van der Waals surface area contributed by atoms with Gasteiger partial charge in [-0.25, -0.2) is 0 Å². The third kappa shape index (κ3) is 2.11. The minimum Gasteiger partial charge on any atom is -0.371 e. The van der Waals surface area contributed by atoms with E-state index in [-0.39, 0.29) is 6.79 Å². The summed E-state index contributed by atoms with van der Waals surface area (Å²) in [4.78, 5) is 4.11. The van der Waals surface area contributed by atoms with Crippen LogP contribution in [0.15, 0.2) is 4.99 Å². The molecular weight excluding hydrogens is 118 g/mol. The Morgan fingerprint density at radius 1 is 1.78 bits per heavy atom. The summed E-state index contributed by atoms with van der Waals surface area (Å²) in [7, 11) is 0. The monoisotopic (exact) mass is 129 g/mol. The Labute approximate surface area is 54.4 Å². The van der Waals surface area contributed by atoms with Gasteiger partial charge in [0.15, 0.2) is 0 Å². The fraction of sp³-hybridized carbons (Fsp3) is 0.833. The molecule has 0 amide bonds. The molecule has 1 atom stereocenters. The van der Waals surface area contributed by atoms with Gasteiger partial charge in [0.05, 0.1) is 12.6 Å². The first-order chi connectivity index (χ1) is 4.43. The fourth-order valence-corrected chi connectivity index (χ4v) is 0.880. The predicted molar refractivity (Wildman–Crippen MR) is 34.6 cm³/mol. The minimum atomic E-state index is -0.188. The molecule has 1 aliphatic rings. The van der Waals surface area contributed by atoms with Gasteiger partial charge in [-0.05, 0) is 19.1 Å². The van der Waals surface area contributed by atoms with Crippen molar-refractivity contribution in [2.75, 3.05) is 13.4 Å². The summed E-state index contributed by atoms with van der Waals surface area (Å²) in [6.07, 6.45) is 4.03. The smallest absolute Gasteiger partial charge is 0.143 e. The largest absolute Gasteiger partial charge is 0.371 e. The van der Waals surface area contributed by atoms with Crippen molar-refractivity contribution in [1.82, 2.24) is 0 Å². The van der Waals surface area contributed by atoms with Gasteiger partial charge < -0.3 is 9.84 Å². The van der Waals surface area contributed by atoms with Crippen molar-refractivity contribution in [1.29, 1.82) is 0 Å². The second-order valence-electron chi connectivity index (χ2n) is 2.06. The SMILES string of the molecule is OCOCC1CCC=N1. The van der Waals surface area contributed by atoms with E-state index < -0.39 is 0 Å². The molecule has 0 saturated carbocycles. The first-order valence-electron chi connectivity index (χ1n) is 3.13. The lowest BCUT2D eigenvalue weighted by Crippen LogP contribution is -2.10. The molecule has 0 aromatic rings. The van der Waals surface area contributed by atoms with Crippen molar-refractivity contribution in [3.05, 3.63) is 0 Å². The van der Waals surface area contributed by atoms with Gasteiger partial charge in [-0.1, -0.05) is 0 Å². The summed E-state index contributed by atoms with van der Waals surface area (Å²) in [6.45, 7) is 0.374. The molecule has 1 aliphatic heterocycles. The van der Waals surface area contributed by atoms with Crippen molar-refractivity contribution < 1.29 is 9.84 Å². The molecule has 0 aliphatic carbocycles. The van der Waals surface area contributed by atoms with Gasteiger partial charge in [0.1, 0.15) is 6.79 Å². The van der Waals surface area contributed by atoms with Gasteiger partial charge >= 0.3 is 0 Å². The van der Waals surface area contributed by atoms with Gasteiger partial charge in [0, 0.05) is 0 Å². The van der Waals surface area contributed by atoms with Crippen LogP contribution in [0.3, 0.4) is 0 Å². The highest BCUT2D eigenvalue weighted by atomic mass is 16.6. The summed E-state index contributed by atoms with van der Waals surface area (Å²) >= 11 is 0. The zero-order valence-corrected chi connectivity index (χ0v) is 5.29. The fourth-order valence-electron chi connectivity index (χ4n) is 0.880. The lowest BCUT2D eigenvalue weighted by molar-refractivity contribution is -0.00666. The van der Waals surface area contributed by atoms with E-state index in [1.165, 1.54) is 0 Å². The standard InChI is InChI=1S/C6H11NO2/c8-5-9-4-6-2-1-3-7-6/h3,6,8H,1-2,4-5H2. The zero-order chi connectivity index (χ0) is 6.53. The van der Waals surface area contributed by atoms with Gasteiger partial charge in [0.25, 0.3) is 0 Å². The van der Waals surface area contributed by atoms with Crippen LogP contribution in [0.1, 0.15) is 12.8 Å². The van der Waals surface area contributed by atoms with E-state index in [9.17, 15) is 0 Å². The summed E-state index contributed by atoms with van der Waals surface area (Å²) in [5.41, 5.74) is 0. The number of aliphatic imine (C=N–C) groups is 1. The molecule has 3 nitrogen and oxygen atoms in total. The van der Waals surface area contributed by atoms with Crippen LogP contribution in [-0.2, 0) is 4.74 Å². The van der Waals surface area contributed by atoms with Gasteiger partial charge in [-0.15, -0.1) is 0 Å². The average molecular weight is 129 g/mol. The molecule has 0 aromatic carbocycles. The molecule has 1 heterocycles. The van der Waals surface area contributed by atoms with Gasteiger partial charge in [-0.3, -0.25) is 4.99 Å². The molecule has 0 aromatic heterocycles. The van der Waals surface area contributed by atoms with Crippen molar-refractivity contribution in [2.24, 2.45) is 4.99 Å². The molecule has 0 radical (unpaired) electrons. The van der Waals surface area contributed by atoms with E-state index in [2.05, 4.69) is 4.99 Å². The zero-order valence-electron chi connectivity index (χ0n) is 5.29. The van der Waals surface area contributed by atoms with Crippen molar-refractivity contribution in [2.45, 2.75) is 18.9 Å². The Hall–Kier alpha value is -0.410. The molecule has 0 bridgehead atoms. The maximum absolute atomic E-state index is 8.25. The molecule has 0 fully saturated rings. The van der Waals surface area contributed by atoms with Crippen LogP contribution in [0.2, 0.25) is 0 Å². The molecule has 9 heavy (non-hydrogen) atoms.